The zero-order chi connectivity index (χ0) is 49.4. The summed E-state index contributed by atoms with van der Waals surface area (Å²) in [5, 5.41) is 0. The van der Waals surface area contributed by atoms with Crippen LogP contribution in [0.4, 0.5) is 4.79 Å². The van der Waals surface area contributed by atoms with Gasteiger partial charge >= 0.3 is 18.0 Å². The van der Waals surface area contributed by atoms with Gasteiger partial charge in [0.2, 0.25) is 0 Å². The van der Waals surface area contributed by atoms with Gasteiger partial charge in [-0.15, -0.1) is 0 Å². The molecule has 0 heterocycles. The van der Waals surface area contributed by atoms with Crippen molar-refractivity contribution in [1.82, 2.24) is 4.90 Å². The summed E-state index contributed by atoms with van der Waals surface area (Å²) in [6, 6.07) is 7.77. The van der Waals surface area contributed by atoms with Crippen LogP contribution in [0.2, 0.25) is 0 Å². The van der Waals surface area contributed by atoms with Gasteiger partial charge in [0.1, 0.15) is 19.7 Å². The number of esters is 2. The van der Waals surface area contributed by atoms with Crippen LogP contribution in [0.15, 0.2) is 53.6 Å². The molecule has 0 aliphatic rings. The molecule has 1 unspecified atom stereocenters. The zero-order valence-electron chi connectivity index (χ0n) is 43.8. The molecule has 0 saturated carbocycles. The summed E-state index contributed by atoms with van der Waals surface area (Å²) in [4.78, 5) is 56.9. The van der Waals surface area contributed by atoms with Gasteiger partial charge < -0.3 is 19.9 Å². The molecule has 1 aromatic rings. The lowest BCUT2D eigenvalue weighted by Gasteiger charge is -2.20. The topological polar surface area (TPSA) is 139 Å². The van der Waals surface area contributed by atoms with Crippen molar-refractivity contribution < 1.29 is 39.1 Å². The number of unbranched alkanes of at least 4 members (excludes halogenated alkanes) is 26. The summed E-state index contributed by atoms with van der Waals surface area (Å²) in [6.07, 6.45) is 48.3. The van der Waals surface area contributed by atoms with Crippen LogP contribution in [0.5, 0.6) is 0 Å². The molecule has 0 radical (unpaired) electrons. The number of hydrogen-bond acceptors (Lipinski definition) is 8. The Kier molecular flexibility index (Phi) is 42.9. The second-order valence-corrected chi connectivity index (χ2v) is 19.1. The number of hydrogen-bond donors (Lipinski definition) is 1. The molecule has 1 amide bonds. The largest absolute Gasteiger partial charge is 0.464 e. The second-order valence-electron chi connectivity index (χ2n) is 19.1. The van der Waals surface area contributed by atoms with Crippen LogP contribution in [-0.4, -0.2) is 80.4 Å². The van der Waals surface area contributed by atoms with E-state index >= 15 is 0 Å². The Labute approximate surface area is 415 Å². The zero-order valence-corrected chi connectivity index (χ0v) is 43.8. The maximum absolute atomic E-state index is 13.1. The highest BCUT2D eigenvalue weighted by Crippen LogP contribution is 2.14. The van der Waals surface area contributed by atoms with Gasteiger partial charge in [-0.3, -0.25) is 24.3 Å². The molecule has 68 heavy (non-hydrogen) atoms. The lowest BCUT2D eigenvalue weighted by molar-refractivity contribution is -0.415. The van der Waals surface area contributed by atoms with E-state index in [4.69, 9.17) is 14.2 Å². The van der Waals surface area contributed by atoms with Gasteiger partial charge in [0.25, 0.3) is 0 Å². The number of carbonyl (C=O) groups is 4. The fourth-order valence-corrected chi connectivity index (χ4v) is 7.96. The Morgan fingerprint density at radius 3 is 1.38 bits per heavy atom. The molecule has 0 aliphatic heterocycles. The molecule has 0 bridgehead atoms. The highest BCUT2D eigenvalue weighted by atomic mass is 16.6. The molecule has 0 saturated heterocycles. The van der Waals surface area contributed by atoms with Crippen molar-refractivity contribution in [3.05, 3.63) is 59.7 Å². The normalized spacial score (nSPS) is 12.1. The number of carbonyl (C=O) groups excluding carboxylic acids is 4. The van der Waals surface area contributed by atoms with Crippen LogP contribution in [-0.2, 0) is 23.8 Å². The van der Waals surface area contributed by atoms with E-state index in [0.717, 1.165) is 100 Å². The number of ketones is 1. The second kappa shape index (κ2) is 46.9. The quantitative estimate of drug-likeness (QED) is 0.0171. The van der Waals surface area contributed by atoms with Gasteiger partial charge in [-0.05, 0) is 96.0 Å². The van der Waals surface area contributed by atoms with Gasteiger partial charge in [0, 0.05) is 18.2 Å². The number of quaternary nitrogens is 1. The predicted molar refractivity (Wildman–Crippen MR) is 282 cm³/mol. The summed E-state index contributed by atoms with van der Waals surface area (Å²) in [5.41, 5.74) is 5.53. The molecule has 0 aromatic heterocycles. The van der Waals surface area contributed by atoms with E-state index in [1.807, 2.05) is 24.3 Å². The number of aliphatic imine (C=N–C) groups is 1. The molecule has 10 heteroatoms. The maximum atomic E-state index is 13.1. The van der Waals surface area contributed by atoms with Crippen molar-refractivity contribution in [3.63, 3.8) is 0 Å². The standard InChI is InChI=1S/C58H99N3O7/c1-4-6-8-10-12-14-16-18-20-22-24-26-28-30-32-37-46-66-56(63)50-61(51-57(64)67-47-38-33-31-29-27-25-23-21-19-17-15-13-11-9-7-5-2)58(65)68-48-45-60-49-53-41-43-54(44-42-53)55(62)40-36-34-35-39-52(3)59/h18-21,41-44,49,52H,4-17,22-40,45-48,50-51,59H2,1-3H3/p+1/b20-18-,21-19-,60-49?. The molecule has 1 atom stereocenters. The molecule has 1 rings (SSSR count). The lowest BCUT2D eigenvalue weighted by Crippen LogP contribution is -2.58. The highest BCUT2D eigenvalue weighted by molar-refractivity contribution is 5.96. The first kappa shape index (κ1) is 62.2. The first-order chi connectivity index (χ1) is 33.3. The van der Waals surface area contributed by atoms with Crippen molar-refractivity contribution in [2.75, 3.05) is 39.5 Å². The fraction of sp³-hybridized carbons (Fsp3) is 0.741. The van der Waals surface area contributed by atoms with E-state index < -0.39 is 31.1 Å². The Hall–Kier alpha value is -3.79. The van der Waals surface area contributed by atoms with Gasteiger partial charge in [0.05, 0.1) is 25.8 Å². The molecule has 3 N–H and O–H groups in total. The smallest absolute Gasteiger partial charge is 0.410 e. The van der Waals surface area contributed by atoms with E-state index in [9.17, 15) is 19.2 Å². The average Bonchev–Trinajstić information content (AvgIpc) is 3.33. The molecular weight excluding hydrogens is 851 g/mol. The molecule has 0 fully saturated rings. The van der Waals surface area contributed by atoms with Crippen LogP contribution in [0.3, 0.4) is 0 Å². The van der Waals surface area contributed by atoms with Crippen LogP contribution >= 0.6 is 0 Å². The Morgan fingerprint density at radius 1 is 0.529 bits per heavy atom. The minimum Gasteiger partial charge on any atom is -0.464 e. The van der Waals surface area contributed by atoms with Gasteiger partial charge in [-0.1, -0.05) is 184 Å². The molecule has 10 nitrogen and oxygen atoms in total. The minimum absolute atomic E-state index is 0.0374. The number of ether oxygens (including phenoxy) is 3. The van der Waals surface area contributed by atoms with Crippen LogP contribution in [0.1, 0.15) is 249 Å². The SMILES string of the molecule is CCCCCCCC/C=C\CCCCCCCCOC(=O)CN(CC(=O)OCCCCCCCC/C=C\CCCCCCCC)C(=O)OCCN=Cc1ccc(C(=O)CCCCCC(C)[NH3+])cc1. The number of amides is 1. The average molecular weight is 951 g/mol. The van der Waals surface area contributed by atoms with E-state index in [1.54, 1.807) is 6.21 Å². The number of allylic oxidation sites excluding steroid dienone is 4. The van der Waals surface area contributed by atoms with Crippen molar-refractivity contribution >= 4 is 30.0 Å². The van der Waals surface area contributed by atoms with Gasteiger partial charge in [0.15, 0.2) is 5.78 Å². The van der Waals surface area contributed by atoms with Crippen molar-refractivity contribution in [2.24, 2.45) is 4.99 Å². The summed E-state index contributed by atoms with van der Waals surface area (Å²) in [6.45, 7) is 6.50. The van der Waals surface area contributed by atoms with E-state index in [1.165, 1.54) is 116 Å². The first-order valence-electron chi connectivity index (χ1n) is 27.8. The van der Waals surface area contributed by atoms with Crippen LogP contribution < -0.4 is 5.73 Å². The van der Waals surface area contributed by atoms with Crippen molar-refractivity contribution in [3.8, 4) is 0 Å². The monoisotopic (exact) mass is 951 g/mol. The third kappa shape index (κ3) is 40.1. The first-order valence-corrected chi connectivity index (χ1v) is 27.8. The van der Waals surface area contributed by atoms with Crippen molar-refractivity contribution in [1.29, 1.82) is 0 Å². The van der Waals surface area contributed by atoms with Gasteiger partial charge in [-0.2, -0.15) is 0 Å². The maximum Gasteiger partial charge on any atom is 0.410 e. The predicted octanol–water partition coefficient (Wildman–Crippen LogP) is 14.5. The molecule has 1 aromatic carbocycles. The Bertz CT molecular complexity index is 1400. The number of benzene rings is 1. The Morgan fingerprint density at radius 2 is 0.941 bits per heavy atom. The number of rotatable bonds is 47. The van der Waals surface area contributed by atoms with Crippen LogP contribution in [0.25, 0.3) is 0 Å². The Balaban J connectivity index is 2.44. The molecule has 388 valence electrons. The van der Waals surface area contributed by atoms with E-state index in [2.05, 4.69) is 55.8 Å². The summed E-state index contributed by atoms with van der Waals surface area (Å²) in [5.74, 6) is -1.03. The van der Waals surface area contributed by atoms with Crippen molar-refractivity contribution in [2.45, 2.75) is 239 Å². The molecular formula is C58H100N3O7+. The van der Waals surface area contributed by atoms with Gasteiger partial charge in [-0.25, -0.2) is 4.79 Å². The van der Waals surface area contributed by atoms with Crippen LogP contribution in [0, 0.1) is 0 Å². The lowest BCUT2D eigenvalue weighted by atomic mass is 10.0. The van der Waals surface area contributed by atoms with E-state index in [-0.39, 0.29) is 32.1 Å². The number of nitrogens with zero attached hydrogens (tertiary/aromatic N) is 2. The highest BCUT2D eigenvalue weighted by Gasteiger charge is 2.23. The fourth-order valence-electron chi connectivity index (χ4n) is 7.96. The summed E-state index contributed by atoms with van der Waals surface area (Å²) in [7, 11) is 0. The summed E-state index contributed by atoms with van der Waals surface area (Å²) < 4.78 is 16.4. The molecule has 0 spiro atoms. The third-order valence-corrected chi connectivity index (χ3v) is 12.3. The third-order valence-electron chi connectivity index (χ3n) is 12.3. The summed E-state index contributed by atoms with van der Waals surface area (Å²) >= 11 is 0. The van der Waals surface area contributed by atoms with E-state index in [0.29, 0.717) is 18.0 Å². The number of Topliss-reactive ketones (excluding diaryl/α,β-unsaturated/α-hetero) is 1. The minimum atomic E-state index is -0.799. The molecule has 0 aliphatic carbocycles.